The normalized spacial score (nSPS) is 51.9. The molecule has 0 aromatic carbocycles. The highest BCUT2D eigenvalue weighted by molar-refractivity contribution is 5.90. The number of nitriles is 1. The Morgan fingerprint density at radius 2 is 2.12 bits per heavy atom. The van der Waals surface area contributed by atoms with Crippen LogP contribution in [0.1, 0.15) is 33.1 Å². The average molecular weight is 233 g/mol. The molecule has 0 amide bonds. The van der Waals surface area contributed by atoms with Gasteiger partial charge in [-0.15, -0.1) is 0 Å². The van der Waals surface area contributed by atoms with Crippen LogP contribution in [0.15, 0.2) is 0 Å². The molecule has 17 heavy (non-hydrogen) atoms. The molecule has 1 heterocycles. The molecule has 0 bridgehead atoms. The first kappa shape index (κ1) is 10.8. The molecule has 0 N–H and O–H groups in total. The van der Waals surface area contributed by atoms with Gasteiger partial charge >= 0.3 is 5.97 Å². The summed E-state index contributed by atoms with van der Waals surface area (Å²) in [6.45, 7) is 3.76. The van der Waals surface area contributed by atoms with Crippen molar-refractivity contribution >= 4 is 11.8 Å². The Balaban J connectivity index is 2.09. The van der Waals surface area contributed by atoms with E-state index in [0.29, 0.717) is 6.42 Å². The van der Waals surface area contributed by atoms with E-state index in [2.05, 4.69) is 0 Å². The Labute approximate surface area is 99.9 Å². The predicted octanol–water partition coefficient (Wildman–Crippen LogP) is 1.45. The van der Waals surface area contributed by atoms with Crippen LogP contribution in [0.5, 0.6) is 0 Å². The summed E-state index contributed by atoms with van der Waals surface area (Å²) in [6, 6.07) is 2.04. The van der Waals surface area contributed by atoms with Crippen molar-refractivity contribution in [2.24, 2.45) is 23.2 Å². The lowest BCUT2D eigenvalue weighted by molar-refractivity contribution is -0.227. The van der Waals surface area contributed by atoms with Crippen molar-refractivity contribution in [3.05, 3.63) is 0 Å². The van der Waals surface area contributed by atoms with Crippen molar-refractivity contribution in [3.8, 4) is 6.07 Å². The molecule has 4 nitrogen and oxygen atoms in total. The third-order valence-electron chi connectivity index (χ3n) is 5.39. The fourth-order valence-electron chi connectivity index (χ4n) is 4.35. The molecule has 5 atom stereocenters. The molecule has 0 spiro atoms. The lowest BCUT2D eigenvalue weighted by Crippen LogP contribution is -2.70. The Hall–Kier alpha value is -1.37. The number of ketones is 1. The Morgan fingerprint density at radius 3 is 2.76 bits per heavy atom. The van der Waals surface area contributed by atoms with Crippen LogP contribution in [0, 0.1) is 34.5 Å². The van der Waals surface area contributed by atoms with Crippen molar-refractivity contribution < 1.29 is 14.3 Å². The maximum absolute atomic E-state index is 12.0. The van der Waals surface area contributed by atoms with Gasteiger partial charge in [0.2, 0.25) is 0 Å². The number of fused-ring (bicyclic) bond motifs is 4. The third kappa shape index (κ3) is 0.910. The van der Waals surface area contributed by atoms with Gasteiger partial charge in [-0.1, -0.05) is 6.92 Å². The van der Waals surface area contributed by atoms with E-state index in [9.17, 15) is 9.59 Å². The van der Waals surface area contributed by atoms with Crippen LogP contribution in [0.25, 0.3) is 0 Å². The number of carbonyl (C=O) groups excluding carboxylic acids is 2. The second-order valence-corrected chi connectivity index (χ2v) is 5.82. The van der Waals surface area contributed by atoms with Crippen molar-refractivity contribution in [2.75, 3.05) is 0 Å². The first-order chi connectivity index (χ1) is 7.96. The molecule has 0 radical (unpaired) electrons. The largest absolute Gasteiger partial charge is 0.457 e. The standard InChI is InChI=1S/C13H15NO3/c1-12-8(6-14)11(16)17-13(12,2)7-4-3-5-9(15)10(7)12/h7-8,10H,3-5H2,1-2H3/t7-,8-,10-,12+,13-/m1/s1. The van der Waals surface area contributed by atoms with Gasteiger partial charge in [-0.05, 0) is 19.8 Å². The molecule has 2 saturated carbocycles. The van der Waals surface area contributed by atoms with Gasteiger partial charge in [0.1, 0.15) is 11.4 Å². The fraction of sp³-hybridized carbons (Fsp3) is 0.769. The van der Waals surface area contributed by atoms with Gasteiger partial charge in [-0.2, -0.15) is 5.26 Å². The Kier molecular flexibility index (Phi) is 1.83. The number of carbonyl (C=O) groups is 2. The summed E-state index contributed by atoms with van der Waals surface area (Å²) in [5.41, 5.74) is -1.22. The smallest absolute Gasteiger partial charge is 0.324 e. The first-order valence-corrected chi connectivity index (χ1v) is 6.12. The van der Waals surface area contributed by atoms with Gasteiger partial charge in [0, 0.05) is 23.7 Å². The van der Waals surface area contributed by atoms with Crippen molar-refractivity contribution in [1.82, 2.24) is 0 Å². The number of rotatable bonds is 0. The lowest BCUT2D eigenvalue weighted by atomic mass is 9.39. The minimum Gasteiger partial charge on any atom is -0.457 e. The van der Waals surface area contributed by atoms with E-state index in [1.54, 1.807) is 0 Å². The summed E-state index contributed by atoms with van der Waals surface area (Å²) >= 11 is 0. The number of esters is 1. The van der Waals surface area contributed by atoms with Crippen LogP contribution in [-0.4, -0.2) is 17.4 Å². The minimum absolute atomic E-state index is 0.121. The monoisotopic (exact) mass is 233 g/mol. The van der Waals surface area contributed by atoms with E-state index in [-0.39, 0.29) is 17.6 Å². The average Bonchev–Trinajstić information content (AvgIpc) is 2.43. The molecule has 3 rings (SSSR count). The number of ether oxygens (including phenoxy) is 1. The predicted molar refractivity (Wildman–Crippen MR) is 57.5 cm³/mol. The third-order valence-corrected chi connectivity index (χ3v) is 5.39. The highest BCUT2D eigenvalue weighted by atomic mass is 16.6. The number of hydrogen-bond acceptors (Lipinski definition) is 4. The van der Waals surface area contributed by atoms with Crippen LogP contribution < -0.4 is 0 Å². The molecule has 90 valence electrons. The molecule has 3 aliphatic rings. The maximum Gasteiger partial charge on any atom is 0.324 e. The molecule has 4 heteroatoms. The summed E-state index contributed by atoms with van der Waals surface area (Å²) in [5, 5.41) is 9.15. The SMILES string of the molecule is C[C@@]12[C@H](C#N)C(=O)O[C@]1(C)[C@@H]1CCCC(=O)[C@@H]12. The maximum atomic E-state index is 12.0. The van der Waals surface area contributed by atoms with E-state index >= 15 is 0 Å². The molecule has 0 aromatic heterocycles. The topological polar surface area (TPSA) is 67.2 Å². The van der Waals surface area contributed by atoms with Crippen LogP contribution in [-0.2, 0) is 14.3 Å². The van der Waals surface area contributed by atoms with E-state index in [1.807, 2.05) is 19.9 Å². The zero-order valence-corrected chi connectivity index (χ0v) is 10.0. The minimum atomic E-state index is -0.782. The van der Waals surface area contributed by atoms with Crippen molar-refractivity contribution in [1.29, 1.82) is 5.26 Å². The van der Waals surface area contributed by atoms with Crippen molar-refractivity contribution in [3.63, 3.8) is 0 Å². The van der Waals surface area contributed by atoms with E-state index < -0.39 is 22.9 Å². The number of Topliss-reactive ketones (excluding diaryl/α,β-unsaturated/α-hetero) is 1. The van der Waals surface area contributed by atoms with E-state index in [0.717, 1.165) is 12.8 Å². The molecule has 0 unspecified atom stereocenters. The van der Waals surface area contributed by atoms with Crippen LogP contribution in [0.2, 0.25) is 0 Å². The summed E-state index contributed by atoms with van der Waals surface area (Å²) in [5.74, 6) is -1.05. The second-order valence-electron chi connectivity index (χ2n) is 5.82. The molecule has 3 fully saturated rings. The molecular formula is C13H15NO3. The van der Waals surface area contributed by atoms with Gasteiger partial charge in [-0.3, -0.25) is 9.59 Å². The van der Waals surface area contributed by atoms with Gasteiger partial charge in [0.25, 0.3) is 0 Å². The zero-order chi connectivity index (χ0) is 12.4. The summed E-state index contributed by atoms with van der Waals surface area (Å²) < 4.78 is 5.46. The Bertz CT molecular complexity index is 466. The number of nitrogens with zero attached hydrogens (tertiary/aromatic N) is 1. The molecular weight excluding hydrogens is 218 g/mol. The zero-order valence-electron chi connectivity index (χ0n) is 10.0. The van der Waals surface area contributed by atoms with Crippen molar-refractivity contribution in [2.45, 2.75) is 38.7 Å². The first-order valence-electron chi connectivity index (χ1n) is 6.12. The quantitative estimate of drug-likeness (QED) is 0.594. The second kappa shape index (κ2) is 2.90. The van der Waals surface area contributed by atoms with Crippen LogP contribution in [0.4, 0.5) is 0 Å². The van der Waals surface area contributed by atoms with Gasteiger partial charge < -0.3 is 4.74 Å². The summed E-state index contributed by atoms with van der Waals surface area (Å²) in [6.07, 6.45) is 2.38. The van der Waals surface area contributed by atoms with Crippen LogP contribution >= 0.6 is 0 Å². The van der Waals surface area contributed by atoms with Crippen LogP contribution in [0.3, 0.4) is 0 Å². The molecule has 0 aromatic rings. The van der Waals surface area contributed by atoms with Gasteiger partial charge in [-0.25, -0.2) is 0 Å². The van der Waals surface area contributed by atoms with E-state index in [1.165, 1.54) is 0 Å². The van der Waals surface area contributed by atoms with E-state index in [4.69, 9.17) is 10.00 Å². The van der Waals surface area contributed by atoms with Gasteiger partial charge in [0.15, 0.2) is 5.92 Å². The molecule has 1 saturated heterocycles. The lowest BCUT2D eigenvalue weighted by Gasteiger charge is -2.62. The summed E-state index contributed by atoms with van der Waals surface area (Å²) in [4.78, 5) is 23.8. The highest BCUT2D eigenvalue weighted by Crippen LogP contribution is 2.70. The number of hydrogen-bond donors (Lipinski definition) is 0. The molecule has 2 aliphatic carbocycles. The Morgan fingerprint density at radius 1 is 1.41 bits per heavy atom. The summed E-state index contributed by atoms with van der Waals surface area (Å²) in [7, 11) is 0. The fourth-order valence-corrected chi connectivity index (χ4v) is 4.35. The molecule has 1 aliphatic heterocycles. The van der Waals surface area contributed by atoms with Gasteiger partial charge in [0.05, 0.1) is 6.07 Å². The highest BCUT2D eigenvalue weighted by Gasteiger charge is 2.79.